The molecule has 1 heterocycles. The standard InChI is InChI=1S/C24H47NO3SSi/c1-5-30(6-2,7-3)24-23(20-22-28-24)19-17-15-13-11-9-8-10-12-14-16-18-21-25-29(4,26)27/h20,22,25H,5-19,21H2,1-4H3. The summed E-state index contributed by atoms with van der Waals surface area (Å²) in [5.41, 5.74) is 1.50. The van der Waals surface area contributed by atoms with E-state index in [0.717, 1.165) is 12.8 Å². The SMILES string of the molecule is CC[Si](CC)(CC)c1occc1CCCCCCCCCCCCCNS(C)(=O)=O. The summed E-state index contributed by atoms with van der Waals surface area (Å²) in [4.78, 5) is 0. The summed E-state index contributed by atoms with van der Waals surface area (Å²) >= 11 is 0. The second kappa shape index (κ2) is 15.2. The maximum absolute atomic E-state index is 11.0. The molecule has 1 aromatic heterocycles. The number of unbranched alkanes of at least 4 members (excludes halogenated alkanes) is 10. The van der Waals surface area contributed by atoms with E-state index in [9.17, 15) is 8.42 Å². The second-order valence-electron chi connectivity index (χ2n) is 8.92. The van der Waals surface area contributed by atoms with Crippen molar-refractivity contribution in [3.8, 4) is 0 Å². The van der Waals surface area contributed by atoms with Gasteiger partial charge in [0.25, 0.3) is 0 Å². The van der Waals surface area contributed by atoms with Crippen LogP contribution in [0.5, 0.6) is 0 Å². The summed E-state index contributed by atoms with van der Waals surface area (Å²) in [6, 6.07) is 6.10. The number of nitrogens with one attached hydrogen (secondary N) is 1. The van der Waals surface area contributed by atoms with E-state index in [1.54, 1.807) is 0 Å². The average molecular weight is 458 g/mol. The Morgan fingerprint density at radius 1 is 0.800 bits per heavy atom. The summed E-state index contributed by atoms with van der Waals surface area (Å²) in [6.45, 7) is 7.63. The van der Waals surface area contributed by atoms with Crippen molar-refractivity contribution in [3.05, 3.63) is 17.9 Å². The Morgan fingerprint density at radius 2 is 1.27 bits per heavy atom. The normalized spacial score (nSPS) is 12.5. The van der Waals surface area contributed by atoms with Crippen LogP contribution in [0.1, 0.15) is 97.0 Å². The molecule has 0 atom stereocenters. The van der Waals surface area contributed by atoms with Gasteiger partial charge in [0.15, 0.2) is 0 Å². The number of furan rings is 1. The van der Waals surface area contributed by atoms with Crippen molar-refractivity contribution in [2.45, 2.75) is 116 Å². The van der Waals surface area contributed by atoms with Crippen molar-refractivity contribution in [3.63, 3.8) is 0 Å². The molecule has 0 bridgehead atoms. The van der Waals surface area contributed by atoms with Crippen molar-refractivity contribution in [2.75, 3.05) is 12.8 Å². The zero-order valence-electron chi connectivity index (χ0n) is 20.1. The fourth-order valence-corrected chi connectivity index (χ4v) is 8.70. The van der Waals surface area contributed by atoms with Crippen LogP contribution < -0.4 is 10.1 Å². The van der Waals surface area contributed by atoms with Gasteiger partial charge >= 0.3 is 0 Å². The Hall–Kier alpha value is -0.593. The van der Waals surface area contributed by atoms with Gasteiger partial charge in [-0.3, -0.25) is 0 Å². The molecule has 30 heavy (non-hydrogen) atoms. The molecule has 6 heteroatoms. The lowest BCUT2D eigenvalue weighted by atomic mass is 10.0. The largest absolute Gasteiger partial charge is 0.474 e. The smallest absolute Gasteiger partial charge is 0.208 e. The lowest BCUT2D eigenvalue weighted by Gasteiger charge is -2.26. The lowest BCUT2D eigenvalue weighted by molar-refractivity contribution is 0.541. The molecule has 0 spiro atoms. The monoisotopic (exact) mass is 457 g/mol. The number of hydrogen-bond donors (Lipinski definition) is 1. The van der Waals surface area contributed by atoms with Crippen LogP contribution in [-0.2, 0) is 16.4 Å². The number of aryl methyl sites for hydroxylation is 1. The van der Waals surface area contributed by atoms with Gasteiger partial charge < -0.3 is 4.42 Å². The van der Waals surface area contributed by atoms with Crippen molar-refractivity contribution in [2.24, 2.45) is 0 Å². The molecule has 0 unspecified atom stereocenters. The van der Waals surface area contributed by atoms with Crippen LogP contribution in [0.3, 0.4) is 0 Å². The molecule has 1 rings (SSSR count). The number of sulfonamides is 1. The van der Waals surface area contributed by atoms with Gasteiger partial charge in [0.05, 0.1) is 17.9 Å². The van der Waals surface area contributed by atoms with Crippen LogP contribution >= 0.6 is 0 Å². The minimum absolute atomic E-state index is 0.581. The van der Waals surface area contributed by atoms with Gasteiger partial charge in [0.1, 0.15) is 8.07 Å². The van der Waals surface area contributed by atoms with E-state index >= 15 is 0 Å². The molecule has 176 valence electrons. The molecule has 0 fully saturated rings. The van der Waals surface area contributed by atoms with Gasteiger partial charge in [-0.05, 0) is 30.9 Å². The summed E-state index contributed by atoms with van der Waals surface area (Å²) in [5.74, 6) is 0. The molecule has 0 saturated carbocycles. The third kappa shape index (κ3) is 10.6. The van der Waals surface area contributed by atoms with Gasteiger partial charge in [0, 0.05) is 6.54 Å². The molecule has 0 aliphatic carbocycles. The van der Waals surface area contributed by atoms with Crippen molar-refractivity contribution in [1.82, 2.24) is 4.72 Å². The van der Waals surface area contributed by atoms with E-state index in [0.29, 0.717) is 6.54 Å². The zero-order chi connectivity index (χ0) is 22.3. The van der Waals surface area contributed by atoms with E-state index in [1.807, 2.05) is 6.26 Å². The molecule has 0 radical (unpaired) electrons. The third-order valence-electron chi connectivity index (χ3n) is 6.75. The Morgan fingerprint density at radius 3 is 1.73 bits per heavy atom. The van der Waals surface area contributed by atoms with Crippen molar-refractivity contribution in [1.29, 1.82) is 0 Å². The van der Waals surface area contributed by atoms with Crippen LogP contribution in [0.4, 0.5) is 0 Å². The predicted molar refractivity (Wildman–Crippen MR) is 133 cm³/mol. The molecule has 0 aliphatic rings. The van der Waals surface area contributed by atoms with Crippen LogP contribution in [0.2, 0.25) is 18.1 Å². The molecule has 1 N–H and O–H groups in total. The van der Waals surface area contributed by atoms with Gasteiger partial charge in [-0.2, -0.15) is 0 Å². The highest BCUT2D eigenvalue weighted by Crippen LogP contribution is 2.23. The first-order valence-electron chi connectivity index (χ1n) is 12.4. The lowest BCUT2D eigenvalue weighted by Crippen LogP contribution is -2.46. The third-order valence-corrected chi connectivity index (χ3v) is 12.9. The number of hydrogen-bond acceptors (Lipinski definition) is 3. The Labute approximate surface area is 187 Å². The maximum Gasteiger partial charge on any atom is 0.208 e. The Balaban J connectivity index is 2.03. The van der Waals surface area contributed by atoms with E-state index in [-0.39, 0.29) is 0 Å². The van der Waals surface area contributed by atoms with Gasteiger partial charge in [-0.25, -0.2) is 13.1 Å². The summed E-state index contributed by atoms with van der Waals surface area (Å²) in [5, 5.41) is 1.39. The molecule has 0 aromatic carbocycles. The van der Waals surface area contributed by atoms with E-state index in [4.69, 9.17) is 4.42 Å². The van der Waals surface area contributed by atoms with Crippen LogP contribution in [-0.4, -0.2) is 29.3 Å². The molecule has 1 aromatic rings. The predicted octanol–water partition coefficient (Wildman–Crippen LogP) is 6.38. The number of rotatable bonds is 19. The van der Waals surface area contributed by atoms with Crippen LogP contribution in [0, 0.1) is 0 Å². The van der Waals surface area contributed by atoms with Crippen molar-refractivity contribution < 1.29 is 12.8 Å². The first-order valence-corrected chi connectivity index (χ1v) is 16.9. The minimum atomic E-state index is -3.02. The first kappa shape index (κ1) is 27.4. The van der Waals surface area contributed by atoms with Gasteiger partial charge in [0.2, 0.25) is 10.0 Å². The van der Waals surface area contributed by atoms with E-state index in [1.165, 1.54) is 99.5 Å². The highest BCUT2D eigenvalue weighted by Gasteiger charge is 2.34. The molecular weight excluding hydrogens is 410 g/mol. The van der Waals surface area contributed by atoms with Gasteiger partial charge in [-0.15, -0.1) is 0 Å². The minimum Gasteiger partial charge on any atom is -0.474 e. The van der Waals surface area contributed by atoms with E-state index in [2.05, 4.69) is 31.6 Å². The molecule has 0 saturated heterocycles. The maximum atomic E-state index is 11.0. The Bertz CT molecular complexity index is 645. The Kier molecular flexibility index (Phi) is 13.9. The molecular formula is C24H47NO3SSi. The second-order valence-corrected chi connectivity index (χ2v) is 15.9. The summed E-state index contributed by atoms with van der Waals surface area (Å²) < 4.78 is 30.5. The summed E-state index contributed by atoms with van der Waals surface area (Å²) in [6.07, 6.45) is 18.2. The summed E-state index contributed by atoms with van der Waals surface area (Å²) in [7, 11) is -4.41. The van der Waals surface area contributed by atoms with Crippen LogP contribution in [0.25, 0.3) is 0 Å². The van der Waals surface area contributed by atoms with Crippen molar-refractivity contribution >= 4 is 23.5 Å². The fraction of sp³-hybridized carbons (Fsp3) is 0.833. The highest BCUT2D eigenvalue weighted by molar-refractivity contribution is 7.88. The first-order chi connectivity index (χ1) is 14.4. The van der Waals surface area contributed by atoms with Gasteiger partial charge in [-0.1, -0.05) is 96.7 Å². The average Bonchev–Trinajstić information content (AvgIpc) is 3.18. The zero-order valence-corrected chi connectivity index (χ0v) is 21.9. The molecule has 0 aliphatic heterocycles. The fourth-order valence-electron chi connectivity index (χ4n) is 4.52. The molecule has 0 amide bonds. The molecule has 4 nitrogen and oxygen atoms in total. The highest BCUT2D eigenvalue weighted by atomic mass is 32.2. The quantitative estimate of drug-likeness (QED) is 0.194. The topological polar surface area (TPSA) is 59.3 Å². The van der Waals surface area contributed by atoms with E-state index < -0.39 is 18.1 Å². The van der Waals surface area contributed by atoms with Crippen LogP contribution in [0.15, 0.2) is 16.7 Å².